The molecule has 0 saturated heterocycles. The fourth-order valence-electron chi connectivity index (χ4n) is 2.43. The van der Waals surface area contributed by atoms with Gasteiger partial charge in [0, 0.05) is 41.3 Å². The molecule has 0 aliphatic carbocycles. The molecule has 21 heavy (non-hydrogen) atoms. The second kappa shape index (κ2) is 5.20. The first kappa shape index (κ1) is 13.1. The highest BCUT2D eigenvalue weighted by Crippen LogP contribution is 2.25. The molecule has 1 aromatic heterocycles. The van der Waals surface area contributed by atoms with Crippen LogP contribution in [0.3, 0.4) is 0 Å². The van der Waals surface area contributed by atoms with Gasteiger partial charge in [-0.3, -0.25) is 14.9 Å². The lowest BCUT2D eigenvalue weighted by Crippen LogP contribution is -1.97. The van der Waals surface area contributed by atoms with Crippen LogP contribution in [0, 0.1) is 10.1 Å². The Morgan fingerprint density at radius 1 is 1.14 bits per heavy atom. The third-order valence-electron chi connectivity index (χ3n) is 3.43. The maximum absolute atomic E-state index is 11.2. The van der Waals surface area contributed by atoms with E-state index in [0.717, 1.165) is 17.4 Å². The Kier molecular flexibility index (Phi) is 3.23. The van der Waals surface area contributed by atoms with Crippen LogP contribution in [0.1, 0.15) is 15.9 Å². The van der Waals surface area contributed by atoms with E-state index in [1.54, 1.807) is 12.3 Å². The predicted octanol–water partition coefficient (Wildman–Crippen LogP) is 3.41. The Hall–Kier alpha value is -2.95. The highest BCUT2D eigenvalue weighted by Gasteiger charge is 2.13. The Labute approximate surface area is 120 Å². The van der Waals surface area contributed by atoms with Gasteiger partial charge in [-0.05, 0) is 11.6 Å². The Morgan fingerprint density at radius 3 is 2.57 bits per heavy atom. The van der Waals surface area contributed by atoms with Crippen LogP contribution in [-0.2, 0) is 6.54 Å². The van der Waals surface area contributed by atoms with E-state index in [4.69, 9.17) is 0 Å². The monoisotopic (exact) mass is 280 g/mol. The molecule has 0 spiro atoms. The molecular formula is C16H12N2O3. The number of hydrogen-bond acceptors (Lipinski definition) is 3. The van der Waals surface area contributed by atoms with Gasteiger partial charge in [0.05, 0.1) is 4.92 Å². The summed E-state index contributed by atoms with van der Waals surface area (Å²) >= 11 is 0. The first-order valence-electron chi connectivity index (χ1n) is 6.45. The molecule has 0 atom stereocenters. The minimum absolute atomic E-state index is 0.0111. The van der Waals surface area contributed by atoms with Crippen molar-refractivity contribution in [3.63, 3.8) is 0 Å². The van der Waals surface area contributed by atoms with Crippen LogP contribution in [0.25, 0.3) is 10.9 Å². The molecule has 0 amide bonds. The molecule has 0 fully saturated rings. The average Bonchev–Trinajstić information content (AvgIpc) is 2.85. The van der Waals surface area contributed by atoms with Crippen LogP contribution in [-0.4, -0.2) is 15.8 Å². The molecule has 3 aromatic rings. The fourth-order valence-corrected chi connectivity index (χ4v) is 2.43. The van der Waals surface area contributed by atoms with Crippen molar-refractivity contribution in [2.45, 2.75) is 6.54 Å². The summed E-state index contributed by atoms with van der Waals surface area (Å²) in [6.07, 6.45) is 2.46. The number of nitrogens with zero attached hydrogens (tertiary/aromatic N) is 2. The van der Waals surface area contributed by atoms with E-state index in [2.05, 4.69) is 0 Å². The molecular weight excluding hydrogens is 268 g/mol. The van der Waals surface area contributed by atoms with Crippen molar-refractivity contribution >= 4 is 22.9 Å². The molecule has 0 saturated carbocycles. The smallest absolute Gasteiger partial charge is 0.270 e. The van der Waals surface area contributed by atoms with E-state index in [1.807, 2.05) is 34.9 Å². The van der Waals surface area contributed by atoms with E-state index in [1.165, 1.54) is 12.1 Å². The van der Waals surface area contributed by atoms with Gasteiger partial charge in [-0.2, -0.15) is 0 Å². The van der Waals surface area contributed by atoms with Crippen LogP contribution in [0.15, 0.2) is 54.7 Å². The lowest BCUT2D eigenvalue weighted by molar-refractivity contribution is -0.384. The van der Waals surface area contributed by atoms with Gasteiger partial charge in [0.15, 0.2) is 6.29 Å². The van der Waals surface area contributed by atoms with E-state index in [9.17, 15) is 14.9 Å². The summed E-state index contributed by atoms with van der Waals surface area (Å²) < 4.78 is 1.93. The van der Waals surface area contributed by atoms with Gasteiger partial charge in [-0.15, -0.1) is 0 Å². The van der Waals surface area contributed by atoms with Gasteiger partial charge in [0.1, 0.15) is 0 Å². The number of benzene rings is 2. The number of rotatable bonds is 4. The molecule has 0 aliphatic rings. The number of nitro benzene ring substituents is 1. The van der Waals surface area contributed by atoms with Crippen molar-refractivity contribution in [1.82, 2.24) is 4.57 Å². The Balaban J connectivity index is 2.11. The first-order chi connectivity index (χ1) is 10.2. The average molecular weight is 280 g/mol. The summed E-state index contributed by atoms with van der Waals surface area (Å²) in [5, 5.41) is 11.5. The number of nitro groups is 1. The van der Waals surface area contributed by atoms with Crippen LogP contribution in [0.5, 0.6) is 0 Å². The summed E-state index contributed by atoms with van der Waals surface area (Å²) in [4.78, 5) is 21.6. The molecule has 0 bridgehead atoms. The molecule has 1 heterocycles. The highest BCUT2D eigenvalue weighted by atomic mass is 16.6. The minimum atomic E-state index is -0.456. The Bertz CT molecular complexity index is 822. The topological polar surface area (TPSA) is 65.1 Å². The third kappa shape index (κ3) is 2.41. The molecule has 0 N–H and O–H groups in total. The summed E-state index contributed by atoms with van der Waals surface area (Å²) in [6, 6.07) is 14.4. The molecule has 5 nitrogen and oxygen atoms in total. The van der Waals surface area contributed by atoms with Crippen molar-refractivity contribution in [3.05, 3.63) is 76.0 Å². The molecule has 0 unspecified atom stereocenters. The van der Waals surface area contributed by atoms with Gasteiger partial charge in [0.25, 0.3) is 5.69 Å². The SMILES string of the molecule is O=Cc1cn(Cc2ccccc2)c2ccc([N+](=O)[O-])cc12. The van der Waals surface area contributed by atoms with Gasteiger partial charge < -0.3 is 4.57 Å². The van der Waals surface area contributed by atoms with Crippen molar-refractivity contribution < 1.29 is 9.72 Å². The zero-order chi connectivity index (χ0) is 14.8. The quantitative estimate of drug-likeness (QED) is 0.418. The van der Waals surface area contributed by atoms with E-state index >= 15 is 0 Å². The second-order valence-electron chi connectivity index (χ2n) is 4.77. The predicted molar refractivity (Wildman–Crippen MR) is 79.5 cm³/mol. The van der Waals surface area contributed by atoms with Crippen LogP contribution in [0.2, 0.25) is 0 Å². The summed E-state index contributed by atoms with van der Waals surface area (Å²) in [5.41, 5.74) is 2.37. The van der Waals surface area contributed by atoms with Gasteiger partial charge in [-0.25, -0.2) is 0 Å². The number of aromatic nitrogens is 1. The number of carbonyl (C=O) groups excluding carboxylic acids is 1. The van der Waals surface area contributed by atoms with Crippen molar-refractivity contribution in [3.8, 4) is 0 Å². The molecule has 2 aromatic carbocycles. The zero-order valence-electron chi connectivity index (χ0n) is 11.1. The molecule has 0 aliphatic heterocycles. The van der Waals surface area contributed by atoms with Gasteiger partial charge in [-0.1, -0.05) is 30.3 Å². The minimum Gasteiger partial charge on any atom is -0.342 e. The number of hydrogen-bond donors (Lipinski definition) is 0. The van der Waals surface area contributed by atoms with E-state index in [0.29, 0.717) is 17.5 Å². The Morgan fingerprint density at radius 2 is 1.90 bits per heavy atom. The molecule has 3 rings (SSSR count). The van der Waals surface area contributed by atoms with Crippen molar-refractivity contribution in [2.75, 3.05) is 0 Å². The van der Waals surface area contributed by atoms with Gasteiger partial charge >= 0.3 is 0 Å². The maximum Gasteiger partial charge on any atom is 0.270 e. The van der Waals surface area contributed by atoms with Crippen molar-refractivity contribution in [2.24, 2.45) is 0 Å². The van der Waals surface area contributed by atoms with Crippen LogP contribution >= 0.6 is 0 Å². The zero-order valence-corrected chi connectivity index (χ0v) is 11.1. The normalized spacial score (nSPS) is 10.7. The lowest BCUT2D eigenvalue weighted by Gasteiger charge is -2.05. The van der Waals surface area contributed by atoms with Crippen LogP contribution < -0.4 is 0 Å². The first-order valence-corrected chi connectivity index (χ1v) is 6.45. The summed E-state index contributed by atoms with van der Waals surface area (Å²) in [7, 11) is 0. The lowest BCUT2D eigenvalue weighted by atomic mass is 10.1. The highest BCUT2D eigenvalue weighted by molar-refractivity contribution is 5.98. The van der Waals surface area contributed by atoms with E-state index < -0.39 is 4.92 Å². The largest absolute Gasteiger partial charge is 0.342 e. The molecule has 104 valence electrons. The summed E-state index contributed by atoms with van der Waals surface area (Å²) in [6.45, 7) is 0.614. The van der Waals surface area contributed by atoms with E-state index in [-0.39, 0.29) is 5.69 Å². The van der Waals surface area contributed by atoms with Crippen LogP contribution in [0.4, 0.5) is 5.69 Å². The van der Waals surface area contributed by atoms with Crippen molar-refractivity contribution in [1.29, 1.82) is 0 Å². The maximum atomic E-state index is 11.2. The number of fused-ring (bicyclic) bond motifs is 1. The third-order valence-corrected chi connectivity index (χ3v) is 3.43. The number of non-ortho nitro benzene ring substituents is 1. The standard InChI is InChI=1S/C16H12N2O3/c19-11-13-10-17(9-12-4-2-1-3-5-12)16-7-6-14(18(20)21)8-15(13)16/h1-8,10-11H,9H2. The molecule has 0 radical (unpaired) electrons. The number of aldehydes is 1. The second-order valence-corrected chi connectivity index (χ2v) is 4.77. The van der Waals surface area contributed by atoms with Gasteiger partial charge in [0.2, 0.25) is 0 Å². The fraction of sp³-hybridized carbons (Fsp3) is 0.0625. The number of carbonyl (C=O) groups is 1. The molecule has 5 heteroatoms. The summed E-state index contributed by atoms with van der Waals surface area (Å²) in [5.74, 6) is 0.